The third-order valence-corrected chi connectivity index (χ3v) is 5.56. The van der Waals surface area contributed by atoms with E-state index in [1.165, 1.54) is 11.1 Å². The number of aryl methyl sites for hydroxylation is 2. The van der Waals surface area contributed by atoms with Crippen LogP contribution in [0.4, 0.5) is 0 Å². The Bertz CT molecular complexity index is 1190. The molecule has 0 radical (unpaired) electrons. The Labute approximate surface area is 163 Å². The molecule has 138 valence electrons. The summed E-state index contributed by atoms with van der Waals surface area (Å²) in [7, 11) is 0. The Balaban J connectivity index is 1.66. The highest BCUT2D eigenvalue weighted by Gasteiger charge is 2.31. The minimum absolute atomic E-state index is 0.0376. The Morgan fingerprint density at radius 2 is 1.68 bits per heavy atom. The number of hydrogen-bond donors (Lipinski definition) is 0. The topological polar surface area (TPSA) is 60.2 Å². The Morgan fingerprint density at radius 3 is 2.43 bits per heavy atom. The number of carbonyl (C=O) groups is 1. The smallest absolute Gasteiger partial charge is 0.185 e. The van der Waals surface area contributed by atoms with E-state index >= 15 is 0 Å². The van der Waals surface area contributed by atoms with Crippen molar-refractivity contribution in [1.82, 2.24) is 19.8 Å². The summed E-state index contributed by atoms with van der Waals surface area (Å²) < 4.78 is 1.83. The van der Waals surface area contributed by atoms with Gasteiger partial charge < -0.3 is 0 Å². The van der Waals surface area contributed by atoms with Gasteiger partial charge in [0.1, 0.15) is 0 Å². The zero-order valence-corrected chi connectivity index (χ0v) is 15.9. The second kappa shape index (κ2) is 6.37. The number of Topliss-reactive ketones (excluding diaryl/α,β-unsaturated/α-hetero) is 1. The van der Waals surface area contributed by atoms with Crippen molar-refractivity contribution in [2.45, 2.75) is 32.6 Å². The molecule has 2 aromatic heterocycles. The maximum Gasteiger partial charge on any atom is 0.185 e. The van der Waals surface area contributed by atoms with Gasteiger partial charge in [0, 0.05) is 6.42 Å². The van der Waals surface area contributed by atoms with E-state index in [4.69, 9.17) is 5.10 Å². The fourth-order valence-electron chi connectivity index (χ4n) is 4.09. The van der Waals surface area contributed by atoms with Crippen LogP contribution in [0.5, 0.6) is 0 Å². The van der Waals surface area contributed by atoms with Crippen molar-refractivity contribution in [3.8, 4) is 11.1 Å². The predicted octanol–water partition coefficient (Wildman–Crippen LogP) is 4.32. The lowest BCUT2D eigenvalue weighted by Gasteiger charge is -2.23. The highest BCUT2D eigenvalue weighted by Crippen LogP contribution is 2.34. The second-order valence-corrected chi connectivity index (χ2v) is 7.50. The summed E-state index contributed by atoms with van der Waals surface area (Å²) in [5.41, 5.74) is 7.34. The molecular weight excluding hydrogens is 348 g/mol. The van der Waals surface area contributed by atoms with E-state index in [0.29, 0.717) is 17.8 Å². The highest BCUT2D eigenvalue weighted by molar-refractivity contribution is 5.97. The lowest BCUT2D eigenvalue weighted by atomic mass is 9.83. The molecule has 4 aromatic rings. The van der Waals surface area contributed by atoms with Crippen molar-refractivity contribution in [2.75, 3.05) is 0 Å². The average molecular weight is 368 g/mol. The summed E-state index contributed by atoms with van der Waals surface area (Å²) in [5.74, 6) is 0.174. The summed E-state index contributed by atoms with van der Waals surface area (Å²) >= 11 is 0. The molecule has 0 unspecified atom stereocenters. The lowest BCUT2D eigenvalue weighted by molar-refractivity contribution is 0.0955. The first kappa shape index (κ1) is 16.8. The molecule has 0 fully saturated rings. The molecule has 0 bridgehead atoms. The van der Waals surface area contributed by atoms with Gasteiger partial charge in [-0.2, -0.15) is 5.10 Å². The molecule has 5 rings (SSSR count). The van der Waals surface area contributed by atoms with Crippen LogP contribution in [-0.4, -0.2) is 25.6 Å². The Kier molecular flexibility index (Phi) is 3.83. The molecule has 0 spiro atoms. The molecule has 1 aliphatic carbocycles. The summed E-state index contributed by atoms with van der Waals surface area (Å²) in [6.07, 6.45) is 1.19. The van der Waals surface area contributed by atoms with Crippen molar-refractivity contribution < 1.29 is 4.79 Å². The third kappa shape index (κ3) is 2.62. The molecule has 0 aliphatic heterocycles. The van der Waals surface area contributed by atoms with Crippen LogP contribution in [-0.2, 0) is 6.42 Å². The van der Waals surface area contributed by atoms with Crippen LogP contribution in [0.1, 0.15) is 45.3 Å². The largest absolute Gasteiger partial charge is 0.292 e. The molecule has 1 aliphatic rings. The Morgan fingerprint density at radius 1 is 0.929 bits per heavy atom. The number of ketones is 1. The molecule has 2 heterocycles. The van der Waals surface area contributed by atoms with Gasteiger partial charge in [-0.3, -0.25) is 4.79 Å². The number of fused-ring (bicyclic) bond motifs is 3. The zero-order chi connectivity index (χ0) is 19.3. The summed E-state index contributed by atoms with van der Waals surface area (Å²) in [4.78, 5) is 12.8. The molecule has 2 aromatic carbocycles. The fraction of sp³-hybridized carbons (Fsp3) is 0.217. The van der Waals surface area contributed by atoms with Gasteiger partial charge in [-0.25, -0.2) is 4.52 Å². The van der Waals surface area contributed by atoms with Crippen LogP contribution in [0, 0.1) is 13.8 Å². The molecule has 0 saturated carbocycles. The first-order chi connectivity index (χ1) is 13.6. The van der Waals surface area contributed by atoms with Crippen molar-refractivity contribution in [2.24, 2.45) is 0 Å². The van der Waals surface area contributed by atoms with Crippen LogP contribution < -0.4 is 0 Å². The quantitative estimate of drug-likeness (QED) is 0.529. The van der Waals surface area contributed by atoms with Crippen molar-refractivity contribution in [3.05, 3.63) is 82.8 Å². The molecule has 0 amide bonds. The molecule has 5 heteroatoms. The number of hydrogen-bond acceptors (Lipinski definition) is 4. The molecule has 1 atom stereocenters. The number of nitrogens with zero attached hydrogens (tertiary/aromatic N) is 4. The first-order valence-corrected chi connectivity index (χ1v) is 9.52. The Hall–Kier alpha value is -3.34. The van der Waals surface area contributed by atoms with Crippen molar-refractivity contribution in [1.29, 1.82) is 0 Å². The van der Waals surface area contributed by atoms with E-state index in [9.17, 15) is 4.79 Å². The first-order valence-electron chi connectivity index (χ1n) is 9.52. The van der Waals surface area contributed by atoms with Crippen LogP contribution >= 0.6 is 0 Å². The number of rotatable bonds is 2. The van der Waals surface area contributed by atoms with Gasteiger partial charge >= 0.3 is 0 Å². The highest BCUT2D eigenvalue weighted by atomic mass is 16.1. The summed E-state index contributed by atoms with van der Waals surface area (Å²) in [6, 6.07) is 18.5. The maximum atomic E-state index is 12.8. The summed E-state index contributed by atoms with van der Waals surface area (Å²) in [6.45, 7) is 4.05. The van der Waals surface area contributed by atoms with Gasteiger partial charge in [-0.1, -0.05) is 60.2 Å². The van der Waals surface area contributed by atoms with Crippen molar-refractivity contribution >= 4 is 11.4 Å². The third-order valence-electron chi connectivity index (χ3n) is 5.56. The molecular formula is C23H20N4O. The van der Waals surface area contributed by atoms with Crippen molar-refractivity contribution in [3.63, 3.8) is 0 Å². The SMILES string of the molecule is Cc1ccc([C@H]2CC(=O)c3nnc4c(-c5ccccc5)c(C)nn4c3C2)cc1. The molecule has 5 nitrogen and oxygen atoms in total. The van der Waals surface area contributed by atoms with Crippen LogP contribution in [0.25, 0.3) is 16.8 Å². The van der Waals surface area contributed by atoms with E-state index in [-0.39, 0.29) is 11.7 Å². The maximum absolute atomic E-state index is 12.8. The predicted molar refractivity (Wildman–Crippen MR) is 108 cm³/mol. The molecule has 0 N–H and O–H groups in total. The number of benzene rings is 2. The lowest BCUT2D eigenvalue weighted by Crippen LogP contribution is -2.24. The van der Waals surface area contributed by atoms with Gasteiger partial charge in [0.05, 0.1) is 17.0 Å². The van der Waals surface area contributed by atoms with Gasteiger partial charge in [-0.05, 0) is 37.3 Å². The van der Waals surface area contributed by atoms with Gasteiger partial charge in [0.25, 0.3) is 0 Å². The van der Waals surface area contributed by atoms with E-state index in [2.05, 4.69) is 41.4 Å². The van der Waals surface area contributed by atoms with Crippen LogP contribution in [0.2, 0.25) is 0 Å². The monoisotopic (exact) mass is 368 g/mol. The fourth-order valence-corrected chi connectivity index (χ4v) is 4.09. The van der Waals surface area contributed by atoms with Crippen LogP contribution in [0.15, 0.2) is 54.6 Å². The van der Waals surface area contributed by atoms with E-state index < -0.39 is 0 Å². The normalized spacial score (nSPS) is 16.4. The van der Waals surface area contributed by atoms with E-state index in [1.807, 2.05) is 41.8 Å². The minimum atomic E-state index is 0.0376. The van der Waals surface area contributed by atoms with E-state index in [1.54, 1.807) is 0 Å². The second-order valence-electron chi connectivity index (χ2n) is 7.50. The van der Waals surface area contributed by atoms with Gasteiger partial charge in [-0.15, -0.1) is 10.2 Å². The number of aromatic nitrogens is 4. The summed E-state index contributed by atoms with van der Waals surface area (Å²) in [5, 5.41) is 13.4. The minimum Gasteiger partial charge on any atom is -0.292 e. The van der Waals surface area contributed by atoms with Gasteiger partial charge in [0.2, 0.25) is 0 Å². The standard InChI is InChI=1S/C23H20N4O/c1-14-8-10-16(11-9-14)18-12-19-22(20(28)13-18)24-25-23-21(15(2)26-27(19)23)17-6-4-3-5-7-17/h3-11,18H,12-13H2,1-2H3/t18-/m1/s1. The van der Waals surface area contributed by atoms with E-state index in [0.717, 1.165) is 28.9 Å². The van der Waals surface area contributed by atoms with Crippen LogP contribution in [0.3, 0.4) is 0 Å². The number of carbonyl (C=O) groups excluding carboxylic acids is 1. The molecule has 0 saturated heterocycles. The zero-order valence-electron chi connectivity index (χ0n) is 15.9. The average Bonchev–Trinajstić information content (AvgIpc) is 3.05. The molecule has 28 heavy (non-hydrogen) atoms. The van der Waals surface area contributed by atoms with Gasteiger partial charge in [0.15, 0.2) is 17.1 Å².